The summed E-state index contributed by atoms with van der Waals surface area (Å²) in [5.41, 5.74) is -0.661. The number of rotatable bonds is 2. The summed E-state index contributed by atoms with van der Waals surface area (Å²) in [6, 6.07) is 0. The average Bonchev–Trinajstić information content (AvgIpc) is 2.01. The van der Waals surface area contributed by atoms with E-state index in [4.69, 9.17) is 4.74 Å². The first-order valence-corrected chi connectivity index (χ1v) is 4.21. The van der Waals surface area contributed by atoms with Crippen LogP contribution < -0.4 is 0 Å². The van der Waals surface area contributed by atoms with Gasteiger partial charge in [-0.1, -0.05) is 12.8 Å². The first-order valence-electron chi connectivity index (χ1n) is 4.21. The Morgan fingerprint density at radius 3 is 2.42 bits per heavy atom. The van der Waals surface area contributed by atoms with Gasteiger partial charge in [0.15, 0.2) is 0 Å². The van der Waals surface area contributed by atoms with Gasteiger partial charge in [-0.2, -0.15) is 0 Å². The first kappa shape index (κ1) is 11.0. The smallest absolute Gasteiger partial charge is 0.323 e. The molecule has 0 heterocycles. The highest BCUT2D eigenvalue weighted by Crippen LogP contribution is 2.15. The highest BCUT2D eigenvalue weighted by atomic mass is 16.5. The Morgan fingerprint density at radius 1 is 1.42 bits per heavy atom. The number of carbonyl (C=O) groups is 1. The Hall–Kier alpha value is -0.970. The van der Waals surface area contributed by atoms with Crippen LogP contribution in [0.2, 0.25) is 0 Å². The van der Waals surface area contributed by atoms with Crippen molar-refractivity contribution in [2.45, 2.75) is 34.1 Å². The molecule has 0 aromatic carbocycles. The van der Waals surface area contributed by atoms with Crippen molar-refractivity contribution in [3.05, 3.63) is 0 Å². The number of hydrogen-bond donors (Lipinski definition) is 0. The van der Waals surface area contributed by atoms with Crippen LogP contribution in [-0.4, -0.2) is 12.6 Å². The third-order valence-corrected chi connectivity index (χ3v) is 1.36. The molecule has 0 radical (unpaired) electrons. The number of esters is 1. The maximum Gasteiger partial charge on any atom is 0.323 e. The molecule has 0 aliphatic rings. The van der Waals surface area contributed by atoms with E-state index in [2.05, 4.69) is 11.8 Å². The standard InChI is InChI=1S/C10H16O2/c1-5-7-8-10(3,4)9(11)12-6-2/h5-6H2,1-4H3. The molecular formula is C10H16O2. The molecule has 0 rings (SSSR count). The van der Waals surface area contributed by atoms with Crippen molar-refractivity contribution >= 4 is 5.97 Å². The summed E-state index contributed by atoms with van der Waals surface area (Å²) < 4.78 is 4.86. The normalized spacial score (nSPS) is 10.0. The van der Waals surface area contributed by atoms with Crippen LogP contribution in [0.4, 0.5) is 0 Å². The average molecular weight is 168 g/mol. The van der Waals surface area contributed by atoms with E-state index in [-0.39, 0.29) is 5.97 Å². The summed E-state index contributed by atoms with van der Waals surface area (Å²) in [6.45, 7) is 7.70. The minimum absolute atomic E-state index is 0.244. The second kappa shape index (κ2) is 4.82. The van der Waals surface area contributed by atoms with Crippen molar-refractivity contribution in [3.8, 4) is 11.8 Å². The molecule has 2 heteroatoms. The van der Waals surface area contributed by atoms with Crippen LogP contribution in [0.15, 0.2) is 0 Å². The molecule has 0 bridgehead atoms. The van der Waals surface area contributed by atoms with Crippen LogP contribution in [-0.2, 0) is 9.53 Å². The maximum atomic E-state index is 11.2. The molecule has 0 saturated carbocycles. The fourth-order valence-electron chi connectivity index (χ4n) is 0.672. The zero-order valence-corrected chi connectivity index (χ0v) is 8.23. The molecule has 0 unspecified atom stereocenters. The summed E-state index contributed by atoms with van der Waals surface area (Å²) in [5, 5.41) is 0. The van der Waals surface area contributed by atoms with Crippen molar-refractivity contribution in [2.75, 3.05) is 6.61 Å². The van der Waals surface area contributed by atoms with Gasteiger partial charge in [0.2, 0.25) is 0 Å². The maximum absolute atomic E-state index is 11.2. The van der Waals surface area contributed by atoms with Gasteiger partial charge < -0.3 is 4.74 Å². The summed E-state index contributed by atoms with van der Waals surface area (Å²) >= 11 is 0. The molecule has 12 heavy (non-hydrogen) atoms. The third-order valence-electron chi connectivity index (χ3n) is 1.36. The fraction of sp³-hybridized carbons (Fsp3) is 0.700. The largest absolute Gasteiger partial charge is 0.465 e. The summed E-state index contributed by atoms with van der Waals surface area (Å²) in [7, 11) is 0. The molecule has 0 N–H and O–H groups in total. The molecule has 0 spiro atoms. The van der Waals surface area contributed by atoms with Crippen LogP contribution in [0.25, 0.3) is 0 Å². The first-order chi connectivity index (χ1) is 5.54. The van der Waals surface area contributed by atoms with Gasteiger partial charge in [-0.05, 0) is 20.8 Å². The zero-order valence-electron chi connectivity index (χ0n) is 8.23. The van der Waals surface area contributed by atoms with E-state index >= 15 is 0 Å². The van der Waals surface area contributed by atoms with Crippen LogP contribution in [0.3, 0.4) is 0 Å². The van der Waals surface area contributed by atoms with Gasteiger partial charge in [-0.15, -0.1) is 5.92 Å². The summed E-state index contributed by atoms with van der Waals surface area (Å²) in [6.07, 6.45) is 0.767. The second-order valence-electron chi connectivity index (χ2n) is 3.00. The van der Waals surface area contributed by atoms with E-state index in [0.29, 0.717) is 6.61 Å². The lowest BCUT2D eigenvalue weighted by Crippen LogP contribution is -2.24. The SMILES string of the molecule is CCC#CC(C)(C)C(=O)OCC. The van der Waals surface area contributed by atoms with E-state index < -0.39 is 5.41 Å². The van der Waals surface area contributed by atoms with Gasteiger partial charge in [-0.25, -0.2) is 0 Å². The van der Waals surface area contributed by atoms with Crippen molar-refractivity contribution in [3.63, 3.8) is 0 Å². The zero-order chi connectivity index (χ0) is 9.61. The third kappa shape index (κ3) is 3.43. The highest BCUT2D eigenvalue weighted by Gasteiger charge is 2.26. The van der Waals surface area contributed by atoms with Crippen molar-refractivity contribution in [2.24, 2.45) is 5.41 Å². The van der Waals surface area contributed by atoms with E-state index in [9.17, 15) is 4.79 Å². The molecule has 0 atom stereocenters. The van der Waals surface area contributed by atoms with Crippen molar-refractivity contribution < 1.29 is 9.53 Å². The molecule has 0 aromatic heterocycles. The number of carbonyl (C=O) groups excluding carboxylic acids is 1. The van der Waals surface area contributed by atoms with Gasteiger partial charge in [-0.3, -0.25) is 4.79 Å². The van der Waals surface area contributed by atoms with E-state index in [0.717, 1.165) is 6.42 Å². The minimum Gasteiger partial charge on any atom is -0.465 e. The summed E-state index contributed by atoms with van der Waals surface area (Å²) in [5.74, 6) is 5.50. The Bertz CT molecular complexity index is 206. The minimum atomic E-state index is -0.661. The molecule has 2 nitrogen and oxygen atoms in total. The van der Waals surface area contributed by atoms with Crippen LogP contribution >= 0.6 is 0 Å². The lowest BCUT2D eigenvalue weighted by atomic mass is 9.94. The van der Waals surface area contributed by atoms with E-state index in [1.807, 2.05) is 6.92 Å². The Kier molecular flexibility index (Phi) is 4.43. The molecule has 0 fully saturated rings. The molecule has 68 valence electrons. The van der Waals surface area contributed by atoms with Crippen LogP contribution in [0.1, 0.15) is 34.1 Å². The highest BCUT2D eigenvalue weighted by molar-refractivity contribution is 5.79. The topological polar surface area (TPSA) is 26.3 Å². The molecule has 0 amide bonds. The lowest BCUT2D eigenvalue weighted by Gasteiger charge is -2.14. The Balaban J connectivity index is 4.28. The van der Waals surface area contributed by atoms with E-state index in [1.54, 1.807) is 20.8 Å². The molecule has 0 saturated heterocycles. The molecule has 0 aliphatic heterocycles. The fourth-order valence-corrected chi connectivity index (χ4v) is 0.672. The van der Waals surface area contributed by atoms with Gasteiger partial charge >= 0.3 is 5.97 Å². The molecule has 0 aromatic rings. The van der Waals surface area contributed by atoms with Crippen LogP contribution in [0, 0.1) is 17.3 Å². The van der Waals surface area contributed by atoms with Gasteiger partial charge in [0.1, 0.15) is 5.41 Å². The lowest BCUT2D eigenvalue weighted by molar-refractivity contribution is -0.150. The predicted molar refractivity (Wildman–Crippen MR) is 48.5 cm³/mol. The van der Waals surface area contributed by atoms with E-state index in [1.165, 1.54) is 0 Å². The second-order valence-corrected chi connectivity index (χ2v) is 3.00. The molecule has 0 aliphatic carbocycles. The van der Waals surface area contributed by atoms with Gasteiger partial charge in [0.05, 0.1) is 6.61 Å². The van der Waals surface area contributed by atoms with Crippen molar-refractivity contribution in [1.82, 2.24) is 0 Å². The number of ether oxygens (including phenoxy) is 1. The van der Waals surface area contributed by atoms with Crippen molar-refractivity contribution in [1.29, 1.82) is 0 Å². The Labute approximate surface area is 74.3 Å². The Morgan fingerprint density at radius 2 is 2.00 bits per heavy atom. The predicted octanol–water partition coefficient (Wildman–Crippen LogP) is 1.99. The summed E-state index contributed by atoms with van der Waals surface area (Å²) in [4.78, 5) is 11.2. The quantitative estimate of drug-likeness (QED) is 0.465. The number of hydrogen-bond acceptors (Lipinski definition) is 2. The van der Waals surface area contributed by atoms with Crippen LogP contribution in [0.5, 0.6) is 0 Å². The van der Waals surface area contributed by atoms with Gasteiger partial charge in [0, 0.05) is 6.42 Å². The molecular weight excluding hydrogens is 152 g/mol. The van der Waals surface area contributed by atoms with Gasteiger partial charge in [0.25, 0.3) is 0 Å². The monoisotopic (exact) mass is 168 g/mol.